The standard InChI is InChI=1S/C27H41F2N5O/c1-7-8-9-25(35)34(32-21-11-10-19-12-20(28)13-23(29)22(19)14-21)24-15-33(18-31-24)27(5,6)17-30-16-26(2,3)4/h12-13,15,18,21,30,32H,7-11,14,16-17H2,1-6H3. The Morgan fingerprint density at radius 3 is 2.63 bits per heavy atom. The van der Waals surface area contributed by atoms with Crippen LogP contribution in [0.25, 0.3) is 0 Å². The number of aryl methyl sites for hydroxylation is 1. The Bertz CT molecular complexity index is 1010. The number of amides is 1. The number of carbonyl (C=O) groups is 1. The first-order valence-corrected chi connectivity index (χ1v) is 12.7. The van der Waals surface area contributed by atoms with Gasteiger partial charge in [-0.05, 0) is 62.1 Å². The molecule has 1 aromatic heterocycles. The highest BCUT2D eigenvalue weighted by molar-refractivity contribution is 5.91. The van der Waals surface area contributed by atoms with Crippen molar-refractivity contribution in [2.24, 2.45) is 5.41 Å². The molecule has 1 heterocycles. The van der Waals surface area contributed by atoms with Crippen LogP contribution in [0.15, 0.2) is 24.7 Å². The number of unbranched alkanes of at least 4 members (excludes halogenated alkanes) is 1. The normalized spacial score (nSPS) is 16.3. The van der Waals surface area contributed by atoms with Gasteiger partial charge in [-0.1, -0.05) is 34.1 Å². The van der Waals surface area contributed by atoms with Gasteiger partial charge in [0.25, 0.3) is 0 Å². The van der Waals surface area contributed by atoms with E-state index in [0.717, 1.165) is 32.0 Å². The minimum absolute atomic E-state index is 0.0638. The molecule has 1 amide bonds. The van der Waals surface area contributed by atoms with E-state index in [1.54, 1.807) is 6.33 Å². The maximum atomic E-state index is 14.4. The summed E-state index contributed by atoms with van der Waals surface area (Å²) < 4.78 is 30.1. The largest absolute Gasteiger partial charge is 0.328 e. The van der Waals surface area contributed by atoms with E-state index in [9.17, 15) is 13.6 Å². The predicted molar refractivity (Wildman–Crippen MR) is 136 cm³/mol. The molecule has 1 aliphatic carbocycles. The molecule has 1 aliphatic rings. The van der Waals surface area contributed by atoms with Gasteiger partial charge in [-0.2, -0.15) is 0 Å². The first-order chi connectivity index (χ1) is 16.4. The topological polar surface area (TPSA) is 62.2 Å². The number of carbonyl (C=O) groups excluding carboxylic acids is 1. The van der Waals surface area contributed by atoms with Crippen molar-refractivity contribution in [2.75, 3.05) is 18.1 Å². The zero-order chi connectivity index (χ0) is 25.8. The molecule has 6 nitrogen and oxygen atoms in total. The summed E-state index contributed by atoms with van der Waals surface area (Å²) in [5, 5.41) is 5.06. The molecule has 0 radical (unpaired) electrons. The van der Waals surface area contributed by atoms with E-state index < -0.39 is 11.6 Å². The second-order valence-electron chi connectivity index (χ2n) is 11.5. The smallest absolute Gasteiger partial charge is 0.242 e. The third kappa shape index (κ3) is 7.34. The molecule has 0 fully saturated rings. The van der Waals surface area contributed by atoms with E-state index in [2.05, 4.69) is 50.3 Å². The second kappa shape index (κ2) is 11.2. The number of rotatable bonds is 10. The quantitative estimate of drug-likeness (QED) is 0.455. The Morgan fingerprint density at radius 1 is 1.20 bits per heavy atom. The molecule has 0 saturated heterocycles. The first-order valence-electron chi connectivity index (χ1n) is 12.7. The Labute approximate surface area is 208 Å². The van der Waals surface area contributed by atoms with Crippen molar-refractivity contribution in [3.05, 3.63) is 47.4 Å². The summed E-state index contributed by atoms with van der Waals surface area (Å²) in [6.45, 7) is 14.5. The fourth-order valence-corrected chi connectivity index (χ4v) is 4.38. The Morgan fingerprint density at radius 2 is 1.94 bits per heavy atom. The van der Waals surface area contributed by atoms with Crippen LogP contribution in [0.2, 0.25) is 0 Å². The lowest BCUT2D eigenvalue weighted by molar-refractivity contribution is -0.119. The number of hydrogen-bond donors (Lipinski definition) is 2. The van der Waals surface area contributed by atoms with Crippen LogP contribution in [-0.2, 0) is 23.2 Å². The average Bonchev–Trinajstić information content (AvgIpc) is 3.26. The summed E-state index contributed by atoms with van der Waals surface area (Å²) in [6.07, 6.45) is 7.36. The van der Waals surface area contributed by atoms with Gasteiger partial charge in [0, 0.05) is 31.6 Å². The molecule has 2 aromatic rings. The molecular weight excluding hydrogens is 448 g/mol. The van der Waals surface area contributed by atoms with Crippen molar-refractivity contribution in [2.45, 2.75) is 91.6 Å². The molecule has 194 valence electrons. The van der Waals surface area contributed by atoms with Gasteiger partial charge in [0.05, 0.1) is 18.1 Å². The maximum absolute atomic E-state index is 14.4. The van der Waals surface area contributed by atoms with Crippen LogP contribution in [0, 0.1) is 17.0 Å². The van der Waals surface area contributed by atoms with Crippen LogP contribution < -0.4 is 15.8 Å². The summed E-state index contributed by atoms with van der Waals surface area (Å²) in [5.41, 5.74) is 4.49. The van der Waals surface area contributed by atoms with Gasteiger partial charge in [0.15, 0.2) is 5.82 Å². The monoisotopic (exact) mass is 489 g/mol. The van der Waals surface area contributed by atoms with Crippen LogP contribution in [0.3, 0.4) is 0 Å². The molecule has 1 atom stereocenters. The molecule has 0 aliphatic heterocycles. The van der Waals surface area contributed by atoms with Gasteiger partial charge in [0.2, 0.25) is 5.91 Å². The van der Waals surface area contributed by atoms with Gasteiger partial charge < -0.3 is 9.88 Å². The minimum Gasteiger partial charge on any atom is -0.328 e. The zero-order valence-electron chi connectivity index (χ0n) is 22.0. The van der Waals surface area contributed by atoms with E-state index in [0.29, 0.717) is 42.6 Å². The lowest BCUT2D eigenvalue weighted by Crippen LogP contribution is -2.50. The number of anilines is 1. The molecule has 3 rings (SSSR count). The van der Waals surface area contributed by atoms with Crippen LogP contribution in [0.4, 0.5) is 14.6 Å². The SMILES string of the molecule is CCCCC(=O)N(NC1CCc2cc(F)cc(F)c2C1)c1cn(C(C)(C)CNCC(C)(C)C)cn1. The highest BCUT2D eigenvalue weighted by Crippen LogP contribution is 2.27. The van der Waals surface area contributed by atoms with E-state index in [-0.39, 0.29) is 22.9 Å². The third-order valence-electron chi connectivity index (χ3n) is 6.48. The molecule has 0 saturated carbocycles. The van der Waals surface area contributed by atoms with Crippen molar-refractivity contribution in [1.29, 1.82) is 0 Å². The van der Waals surface area contributed by atoms with Gasteiger partial charge in [0.1, 0.15) is 11.6 Å². The number of nitrogens with one attached hydrogen (secondary N) is 2. The minimum atomic E-state index is -0.547. The van der Waals surface area contributed by atoms with Gasteiger partial charge in [-0.15, -0.1) is 0 Å². The molecular formula is C27H41F2N5O. The number of hydrogen-bond acceptors (Lipinski definition) is 4. The number of aromatic nitrogens is 2. The number of hydrazine groups is 1. The lowest BCUT2D eigenvalue weighted by atomic mass is 9.88. The molecule has 0 bridgehead atoms. The van der Waals surface area contributed by atoms with Crippen LogP contribution in [0.5, 0.6) is 0 Å². The van der Waals surface area contributed by atoms with Crippen LogP contribution >= 0.6 is 0 Å². The van der Waals surface area contributed by atoms with Gasteiger partial charge in [-0.3, -0.25) is 4.79 Å². The maximum Gasteiger partial charge on any atom is 0.242 e. The highest BCUT2D eigenvalue weighted by atomic mass is 19.1. The van der Waals surface area contributed by atoms with Crippen molar-refractivity contribution in [3.8, 4) is 0 Å². The van der Waals surface area contributed by atoms with Crippen molar-refractivity contribution < 1.29 is 13.6 Å². The van der Waals surface area contributed by atoms with E-state index in [4.69, 9.17) is 0 Å². The molecule has 1 unspecified atom stereocenters. The number of halogens is 2. The van der Waals surface area contributed by atoms with Crippen molar-refractivity contribution in [3.63, 3.8) is 0 Å². The Kier molecular flexibility index (Phi) is 8.70. The fourth-order valence-electron chi connectivity index (χ4n) is 4.38. The highest BCUT2D eigenvalue weighted by Gasteiger charge is 2.28. The Hall–Kier alpha value is -2.32. The molecule has 1 aromatic carbocycles. The van der Waals surface area contributed by atoms with Crippen LogP contribution in [0.1, 0.15) is 78.4 Å². The summed E-state index contributed by atoms with van der Waals surface area (Å²) in [6, 6.07) is 2.19. The first kappa shape index (κ1) is 27.3. The molecule has 35 heavy (non-hydrogen) atoms. The molecule has 0 spiro atoms. The number of nitrogens with zero attached hydrogens (tertiary/aromatic N) is 3. The number of benzene rings is 1. The number of imidazole rings is 1. The second-order valence-corrected chi connectivity index (χ2v) is 11.5. The van der Waals surface area contributed by atoms with E-state index in [1.165, 1.54) is 11.1 Å². The molecule has 8 heteroatoms. The summed E-state index contributed by atoms with van der Waals surface area (Å²) in [5.74, 6) is -0.607. The summed E-state index contributed by atoms with van der Waals surface area (Å²) >= 11 is 0. The number of fused-ring (bicyclic) bond motifs is 1. The van der Waals surface area contributed by atoms with E-state index >= 15 is 0 Å². The summed E-state index contributed by atoms with van der Waals surface area (Å²) in [7, 11) is 0. The zero-order valence-corrected chi connectivity index (χ0v) is 22.0. The predicted octanol–water partition coefficient (Wildman–Crippen LogP) is 5.12. The summed E-state index contributed by atoms with van der Waals surface area (Å²) in [4.78, 5) is 17.7. The lowest BCUT2D eigenvalue weighted by Gasteiger charge is -2.31. The average molecular weight is 490 g/mol. The van der Waals surface area contributed by atoms with Crippen molar-refractivity contribution >= 4 is 11.7 Å². The van der Waals surface area contributed by atoms with E-state index in [1.807, 2.05) is 17.7 Å². The van der Waals surface area contributed by atoms with Gasteiger partial charge in [-0.25, -0.2) is 24.2 Å². The van der Waals surface area contributed by atoms with Gasteiger partial charge >= 0.3 is 0 Å². The van der Waals surface area contributed by atoms with Crippen LogP contribution in [-0.4, -0.2) is 34.6 Å². The Balaban J connectivity index is 1.77. The van der Waals surface area contributed by atoms with Crippen molar-refractivity contribution in [1.82, 2.24) is 20.3 Å². The molecule has 2 N–H and O–H groups in total. The fraction of sp³-hybridized carbons (Fsp3) is 0.630. The third-order valence-corrected chi connectivity index (χ3v) is 6.48.